The molecular formula is C20H28BrN3O. The Labute approximate surface area is 158 Å². The Morgan fingerprint density at radius 1 is 1.08 bits per heavy atom. The van der Waals surface area contributed by atoms with Crippen LogP contribution in [0, 0.1) is 5.41 Å². The van der Waals surface area contributed by atoms with Crippen molar-refractivity contribution in [3.63, 3.8) is 0 Å². The highest BCUT2D eigenvalue weighted by atomic mass is 79.9. The summed E-state index contributed by atoms with van der Waals surface area (Å²) in [5.41, 5.74) is 9.73. The molecule has 0 saturated heterocycles. The number of rotatable bonds is 4. The molecule has 0 aliphatic rings. The molecule has 0 unspecified atom stereocenters. The van der Waals surface area contributed by atoms with Gasteiger partial charge < -0.3 is 15.8 Å². The first kappa shape index (κ1) is 19.8. The summed E-state index contributed by atoms with van der Waals surface area (Å²) in [6.07, 6.45) is 0. The second-order valence-electron chi connectivity index (χ2n) is 8.19. The first-order valence-corrected chi connectivity index (χ1v) is 9.13. The Morgan fingerprint density at radius 2 is 1.72 bits per heavy atom. The first-order chi connectivity index (χ1) is 11.4. The van der Waals surface area contributed by atoms with Crippen LogP contribution in [0.3, 0.4) is 0 Å². The Balaban J connectivity index is 2.44. The minimum Gasteiger partial charge on any atom is -0.396 e. The molecule has 136 valence electrons. The van der Waals surface area contributed by atoms with E-state index in [2.05, 4.69) is 36.7 Å². The first-order valence-electron chi connectivity index (χ1n) is 8.33. The van der Waals surface area contributed by atoms with E-state index in [0.29, 0.717) is 12.2 Å². The third-order valence-electron chi connectivity index (χ3n) is 3.99. The van der Waals surface area contributed by atoms with Crippen molar-refractivity contribution in [1.82, 2.24) is 0 Å². The summed E-state index contributed by atoms with van der Waals surface area (Å²) in [7, 11) is 0. The highest BCUT2D eigenvalue weighted by Crippen LogP contribution is 2.39. The Bertz CT molecular complexity index is 761. The average Bonchev–Trinajstić information content (AvgIpc) is 2.47. The Hall–Kier alpha value is -1.56. The predicted octanol–water partition coefficient (Wildman–Crippen LogP) is 4.65. The summed E-state index contributed by atoms with van der Waals surface area (Å²) in [6, 6.07) is 11.8. The molecule has 2 aromatic rings. The summed E-state index contributed by atoms with van der Waals surface area (Å²) in [6.45, 7) is 10.6. The van der Waals surface area contributed by atoms with E-state index >= 15 is 0 Å². The molecule has 0 amide bonds. The molecule has 25 heavy (non-hydrogen) atoms. The number of hydrazine groups is 1. The molecule has 0 aliphatic heterocycles. The highest BCUT2D eigenvalue weighted by Gasteiger charge is 2.20. The number of nitrogen functional groups attached to an aromatic ring is 1. The fourth-order valence-electron chi connectivity index (χ4n) is 2.72. The van der Waals surface area contributed by atoms with E-state index in [9.17, 15) is 5.11 Å². The van der Waals surface area contributed by atoms with Crippen LogP contribution < -0.4 is 16.6 Å². The fraction of sp³-hybridized carbons (Fsp3) is 0.400. The lowest BCUT2D eigenvalue weighted by atomic mass is 9.94. The monoisotopic (exact) mass is 405 g/mol. The van der Waals surface area contributed by atoms with Gasteiger partial charge in [0.2, 0.25) is 0 Å². The van der Waals surface area contributed by atoms with Crippen LogP contribution in [0.25, 0.3) is 11.1 Å². The Morgan fingerprint density at radius 3 is 2.28 bits per heavy atom. The number of nitrogens with two attached hydrogens (primary N) is 2. The predicted molar refractivity (Wildman–Crippen MR) is 110 cm³/mol. The van der Waals surface area contributed by atoms with Gasteiger partial charge in [-0.3, -0.25) is 0 Å². The van der Waals surface area contributed by atoms with E-state index in [0.717, 1.165) is 26.9 Å². The zero-order valence-corrected chi connectivity index (χ0v) is 17.2. The van der Waals surface area contributed by atoms with E-state index in [1.54, 1.807) is 18.9 Å². The van der Waals surface area contributed by atoms with Gasteiger partial charge in [0, 0.05) is 6.54 Å². The number of halogens is 1. The molecule has 0 bridgehead atoms. The van der Waals surface area contributed by atoms with Crippen molar-refractivity contribution in [3.8, 4) is 11.1 Å². The van der Waals surface area contributed by atoms with Gasteiger partial charge in [-0.25, -0.2) is 5.84 Å². The van der Waals surface area contributed by atoms with Gasteiger partial charge in [0.05, 0.1) is 21.4 Å². The fourth-order valence-corrected chi connectivity index (χ4v) is 3.28. The smallest absolute Gasteiger partial charge is 0.0840 e. The van der Waals surface area contributed by atoms with Crippen molar-refractivity contribution < 1.29 is 5.11 Å². The zero-order chi connectivity index (χ0) is 19.0. The normalized spacial score (nSPS) is 12.3. The van der Waals surface area contributed by atoms with Crippen LogP contribution >= 0.6 is 15.9 Å². The SMILES string of the molecule is CC(C)(C)CN(N)c1ccc(-c2cccc(C(C)(C)O)c2)c(Br)c1N. The maximum atomic E-state index is 10.2. The summed E-state index contributed by atoms with van der Waals surface area (Å²) in [5.74, 6) is 6.22. The molecule has 0 saturated carbocycles. The van der Waals surface area contributed by atoms with Gasteiger partial charge in [0.1, 0.15) is 0 Å². The standard InChI is InChI=1S/C20H28BrN3O/c1-19(2,3)12-24(23)16-10-9-15(17(21)18(16)22)13-7-6-8-14(11-13)20(4,5)25/h6-11,25H,12,22-23H2,1-5H3. The topological polar surface area (TPSA) is 75.5 Å². The minimum absolute atomic E-state index is 0.0629. The van der Waals surface area contributed by atoms with Gasteiger partial charge in [-0.2, -0.15) is 0 Å². The third kappa shape index (κ3) is 4.75. The molecule has 5 N–H and O–H groups in total. The zero-order valence-electron chi connectivity index (χ0n) is 15.6. The highest BCUT2D eigenvalue weighted by molar-refractivity contribution is 9.10. The van der Waals surface area contributed by atoms with Crippen molar-refractivity contribution >= 4 is 27.3 Å². The van der Waals surface area contributed by atoms with Gasteiger partial charge in [-0.15, -0.1) is 0 Å². The third-order valence-corrected chi connectivity index (χ3v) is 4.85. The number of benzene rings is 2. The molecule has 0 aliphatic carbocycles. The largest absolute Gasteiger partial charge is 0.396 e. The molecule has 0 heterocycles. The summed E-state index contributed by atoms with van der Waals surface area (Å²) in [5, 5.41) is 11.9. The number of nitrogens with zero attached hydrogens (tertiary/aromatic N) is 1. The molecule has 4 nitrogen and oxygen atoms in total. The maximum Gasteiger partial charge on any atom is 0.0840 e. The lowest BCUT2D eigenvalue weighted by molar-refractivity contribution is 0.0786. The van der Waals surface area contributed by atoms with Gasteiger partial charge in [-0.05, 0) is 64.0 Å². The molecule has 0 aromatic heterocycles. The molecule has 2 aromatic carbocycles. The minimum atomic E-state index is -0.894. The van der Waals surface area contributed by atoms with Crippen molar-refractivity contribution in [1.29, 1.82) is 0 Å². The van der Waals surface area contributed by atoms with Gasteiger partial charge >= 0.3 is 0 Å². The number of hydrogen-bond acceptors (Lipinski definition) is 4. The van der Waals surface area contributed by atoms with Crippen molar-refractivity contribution in [2.24, 2.45) is 11.3 Å². The van der Waals surface area contributed by atoms with Crippen molar-refractivity contribution in [2.75, 3.05) is 17.3 Å². The molecule has 0 spiro atoms. The second kappa shape index (κ2) is 6.98. The molecule has 5 heteroatoms. The number of anilines is 2. The van der Waals surface area contributed by atoms with Crippen LogP contribution in [0.1, 0.15) is 40.2 Å². The molecule has 0 fully saturated rings. The average molecular weight is 406 g/mol. The van der Waals surface area contributed by atoms with Crippen LogP contribution in [0.2, 0.25) is 0 Å². The lowest BCUT2D eigenvalue weighted by Crippen LogP contribution is -2.38. The lowest BCUT2D eigenvalue weighted by Gasteiger charge is -2.29. The summed E-state index contributed by atoms with van der Waals surface area (Å²) < 4.78 is 0.808. The second-order valence-corrected chi connectivity index (χ2v) is 8.98. The maximum absolute atomic E-state index is 10.2. The van der Waals surface area contributed by atoms with Gasteiger partial charge in [0.15, 0.2) is 0 Å². The Kier molecular flexibility index (Phi) is 5.52. The van der Waals surface area contributed by atoms with Crippen LogP contribution in [-0.4, -0.2) is 11.7 Å². The molecule has 2 rings (SSSR count). The summed E-state index contributed by atoms with van der Waals surface area (Å²) in [4.78, 5) is 0. The number of aliphatic hydroxyl groups is 1. The molecule has 0 radical (unpaired) electrons. The van der Waals surface area contributed by atoms with Gasteiger partial charge in [-0.1, -0.05) is 45.0 Å². The van der Waals surface area contributed by atoms with Crippen LogP contribution in [-0.2, 0) is 5.60 Å². The number of hydrogen-bond donors (Lipinski definition) is 3. The van der Waals surface area contributed by atoms with Gasteiger partial charge in [0.25, 0.3) is 0 Å². The summed E-state index contributed by atoms with van der Waals surface area (Å²) >= 11 is 3.62. The quantitative estimate of drug-likeness (QED) is 0.393. The van der Waals surface area contributed by atoms with Crippen LogP contribution in [0.4, 0.5) is 11.4 Å². The molecular weight excluding hydrogens is 378 g/mol. The molecule has 0 atom stereocenters. The van der Waals surface area contributed by atoms with E-state index in [-0.39, 0.29) is 5.41 Å². The van der Waals surface area contributed by atoms with E-state index in [1.165, 1.54) is 0 Å². The van der Waals surface area contributed by atoms with Crippen LogP contribution in [0.15, 0.2) is 40.9 Å². The van der Waals surface area contributed by atoms with E-state index in [4.69, 9.17) is 11.6 Å². The van der Waals surface area contributed by atoms with Crippen molar-refractivity contribution in [2.45, 2.75) is 40.2 Å². The van der Waals surface area contributed by atoms with Crippen molar-refractivity contribution in [3.05, 3.63) is 46.4 Å². The van der Waals surface area contributed by atoms with E-state index < -0.39 is 5.60 Å². The van der Waals surface area contributed by atoms with Crippen LogP contribution in [0.5, 0.6) is 0 Å². The van der Waals surface area contributed by atoms with E-state index in [1.807, 2.05) is 36.4 Å².